The van der Waals surface area contributed by atoms with Crippen LogP contribution in [-0.2, 0) is 4.79 Å². The molecule has 2 rings (SSSR count). The number of carbonyl (C=O) groups is 1. The first-order valence-corrected chi connectivity index (χ1v) is 8.04. The predicted molar refractivity (Wildman–Crippen MR) is 89.7 cm³/mol. The summed E-state index contributed by atoms with van der Waals surface area (Å²) < 4.78 is 10.6. The van der Waals surface area contributed by atoms with Gasteiger partial charge in [-0.3, -0.25) is 4.79 Å². The van der Waals surface area contributed by atoms with Gasteiger partial charge < -0.3 is 14.5 Å². The number of nitrogens with one attached hydrogen (secondary N) is 1. The number of rotatable bonds is 8. The number of carbonyl (C=O) groups excluding carboxylic acids is 1. The Labute approximate surface area is 135 Å². The highest BCUT2D eigenvalue weighted by atomic mass is 16.5. The molecule has 0 saturated heterocycles. The first-order valence-electron chi connectivity index (χ1n) is 8.04. The van der Waals surface area contributed by atoms with Gasteiger partial charge in [0.05, 0.1) is 0 Å². The molecule has 0 fully saturated rings. The molecule has 0 aliphatic heterocycles. The van der Waals surface area contributed by atoms with Gasteiger partial charge in [-0.25, -0.2) is 4.79 Å². The van der Waals surface area contributed by atoms with Crippen molar-refractivity contribution in [3.05, 3.63) is 40.8 Å². The van der Waals surface area contributed by atoms with Gasteiger partial charge in [-0.05, 0) is 31.5 Å². The molecule has 2 aromatic rings. The maximum atomic E-state index is 11.9. The average Bonchev–Trinajstić information content (AvgIpc) is 2.52. The molecule has 1 heterocycles. The second-order valence-electron chi connectivity index (χ2n) is 5.71. The maximum Gasteiger partial charge on any atom is 0.336 e. The third kappa shape index (κ3) is 5.43. The molecule has 0 spiro atoms. The summed E-state index contributed by atoms with van der Waals surface area (Å²) in [6, 6.07) is 8.37. The van der Waals surface area contributed by atoms with Gasteiger partial charge in [-0.15, -0.1) is 0 Å². The molecule has 1 N–H and O–H groups in total. The zero-order chi connectivity index (χ0) is 16.7. The van der Waals surface area contributed by atoms with E-state index < -0.39 is 5.63 Å². The lowest BCUT2D eigenvalue weighted by atomic mass is 10.1. The van der Waals surface area contributed by atoms with Gasteiger partial charge in [0.2, 0.25) is 0 Å². The van der Waals surface area contributed by atoms with Crippen LogP contribution in [0.3, 0.4) is 0 Å². The molecule has 0 aliphatic carbocycles. The van der Waals surface area contributed by atoms with Crippen molar-refractivity contribution in [3.8, 4) is 5.75 Å². The minimum atomic E-state index is -0.409. The van der Waals surface area contributed by atoms with Gasteiger partial charge in [0, 0.05) is 23.6 Å². The number of hydrogen-bond acceptors (Lipinski definition) is 4. The van der Waals surface area contributed by atoms with E-state index in [1.807, 2.05) is 6.92 Å². The van der Waals surface area contributed by atoms with Crippen molar-refractivity contribution < 1.29 is 13.9 Å². The van der Waals surface area contributed by atoms with Crippen LogP contribution in [0.4, 0.5) is 0 Å². The largest absolute Gasteiger partial charge is 0.484 e. The number of fused-ring (bicyclic) bond motifs is 1. The number of hydrogen-bond donors (Lipinski definition) is 1. The summed E-state index contributed by atoms with van der Waals surface area (Å²) in [5.74, 6) is 0.351. The molecule has 23 heavy (non-hydrogen) atoms. The number of ether oxygens (including phenoxy) is 1. The molecule has 1 unspecified atom stereocenters. The van der Waals surface area contributed by atoms with Crippen LogP contribution in [0.2, 0.25) is 0 Å². The lowest BCUT2D eigenvalue weighted by molar-refractivity contribution is -0.123. The van der Waals surface area contributed by atoms with Crippen molar-refractivity contribution in [2.24, 2.45) is 0 Å². The van der Waals surface area contributed by atoms with Gasteiger partial charge in [-0.1, -0.05) is 26.2 Å². The fraction of sp³-hybridized carbons (Fsp3) is 0.444. The number of amides is 1. The molecule has 0 bridgehead atoms. The topological polar surface area (TPSA) is 68.5 Å². The Kier molecular flexibility index (Phi) is 6.20. The summed E-state index contributed by atoms with van der Waals surface area (Å²) in [5, 5.41) is 3.73. The van der Waals surface area contributed by atoms with Crippen LogP contribution < -0.4 is 15.7 Å². The second-order valence-corrected chi connectivity index (χ2v) is 5.71. The van der Waals surface area contributed by atoms with E-state index in [0.717, 1.165) is 18.2 Å². The van der Waals surface area contributed by atoms with E-state index >= 15 is 0 Å². The molecule has 1 atom stereocenters. The molecule has 5 nitrogen and oxygen atoms in total. The molecule has 0 aliphatic rings. The van der Waals surface area contributed by atoms with Crippen molar-refractivity contribution in [1.82, 2.24) is 5.32 Å². The molecule has 5 heteroatoms. The first-order chi connectivity index (χ1) is 11.1. The Morgan fingerprint density at radius 3 is 2.83 bits per heavy atom. The maximum absolute atomic E-state index is 11.9. The molecular weight excluding hydrogens is 294 g/mol. The van der Waals surface area contributed by atoms with E-state index in [4.69, 9.17) is 9.15 Å². The zero-order valence-corrected chi connectivity index (χ0v) is 13.6. The molecule has 1 aromatic heterocycles. The smallest absolute Gasteiger partial charge is 0.336 e. The van der Waals surface area contributed by atoms with Crippen LogP contribution >= 0.6 is 0 Å². The predicted octanol–water partition coefficient (Wildman–Crippen LogP) is 3.26. The van der Waals surface area contributed by atoms with Crippen LogP contribution in [0.5, 0.6) is 5.75 Å². The Bertz CT molecular complexity index is 707. The standard InChI is InChI=1S/C18H23NO4/c1-3-4-5-6-13(2)19-17(20)12-22-15-9-7-14-8-10-18(21)23-16(14)11-15/h7-11,13H,3-6,12H2,1-2H3,(H,19,20). The monoisotopic (exact) mass is 317 g/mol. The Morgan fingerprint density at radius 1 is 1.26 bits per heavy atom. The summed E-state index contributed by atoms with van der Waals surface area (Å²) in [6.45, 7) is 4.10. The third-order valence-corrected chi connectivity index (χ3v) is 3.61. The van der Waals surface area contributed by atoms with E-state index in [1.54, 1.807) is 24.3 Å². The van der Waals surface area contributed by atoms with Gasteiger partial charge in [0.15, 0.2) is 6.61 Å². The third-order valence-electron chi connectivity index (χ3n) is 3.61. The number of benzene rings is 1. The Hall–Kier alpha value is -2.30. The highest BCUT2D eigenvalue weighted by Crippen LogP contribution is 2.19. The van der Waals surface area contributed by atoms with E-state index in [0.29, 0.717) is 11.3 Å². The van der Waals surface area contributed by atoms with E-state index in [2.05, 4.69) is 12.2 Å². The summed E-state index contributed by atoms with van der Waals surface area (Å²) in [5.41, 5.74) is 0.0386. The molecular formula is C18H23NO4. The van der Waals surface area contributed by atoms with E-state index in [1.165, 1.54) is 18.9 Å². The van der Waals surface area contributed by atoms with Crippen molar-refractivity contribution in [2.75, 3.05) is 6.61 Å². The molecule has 124 valence electrons. The van der Waals surface area contributed by atoms with Gasteiger partial charge in [-0.2, -0.15) is 0 Å². The summed E-state index contributed by atoms with van der Waals surface area (Å²) >= 11 is 0. The number of unbranched alkanes of at least 4 members (excludes halogenated alkanes) is 2. The minimum absolute atomic E-state index is 0.0549. The fourth-order valence-electron chi connectivity index (χ4n) is 2.37. The fourth-order valence-corrected chi connectivity index (χ4v) is 2.37. The van der Waals surface area contributed by atoms with Crippen LogP contribution in [-0.4, -0.2) is 18.6 Å². The lowest BCUT2D eigenvalue weighted by Gasteiger charge is -2.14. The zero-order valence-electron chi connectivity index (χ0n) is 13.6. The van der Waals surface area contributed by atoms with E-state index in [-0.39, 0.29) is 18.6 Å². The van der Waals surface area contributed by atoms with Crippen molar-refractivity contribution in [2.45, 2.75) is 45.6 Å². The van der Waals surface area contributed by atoms with Crippen LogP contribution in [0.25, 0.3) is 11.0 Å². The molecule has 0 saturated carbocycles. The second kappa shape index (κ2) is 8.36. The van der Waals surface area contributed by atoms with Gasteiger partial charge in [0.1, 0.15) is 11.3 Å². The van der Waals surface area contributed by atoms with Gasteiger partial charge >= 0.3 is 5.63 Å². The Morgan fingerprint density at radius 2 is 2.04 bits per heavy atom. The normalized spacial score (nSPS) is 12.1. The van der Waals surface area contributed by atoms with Crippen LogP contribution in [0, 0.1) is 0 Å². The highest BCUT2D eigenvalue weighted by Gasteiger charge is 2.08. The van der Waals surface area contributed by atoms with E-state index in [9.17, 15) is 9.59 Å². The van der Waals surface area contributed by atoms with Crippen LogP contribution in [0.15, 0.2) is 39.5 Å². The van der Waals surface area contributed by atoms with Crippen molar-refractivity contribution in [3.63, 3.8) is 0 Å². The minimum Gasteiger partial charge on any atom is -0.484 e. The highest BCUT2D eigenvalue weighted by molar-refractivity contribution is 5.79. The summed E-state index contributed by atoms with van der Waals surface area (Å²) in [6.07, 6.45) is 4.43. The Balaban J connectivity index is 1.85. The SMILES string of the molecule is CCCCCC(C)NC(=O)COc1ccc2ccc(=O)oc2c1. The quantitative estimate of drug-likeness (QED) is 0.599. The molecule has 0 radical (unpaired) electrons. The van der Waals surface area contributed by atoms with Crippen LogP contribution in [0.1, 0.15) is 39.5 Å². The lowest BCUT2D eigenvalue weighted by Crippen LogP contribution is -2.36. The molecule has 1 aromatic carbocycles. The average molecular weight is 317 g/mol. The first kappa shape index (κ1) is 17.1. The van der Waals surface area contributed by atoms with Crippen molar-refractivity contribution in [1.29, 1.82) is 0 Å². The van der Waals surface area contributed by atoms with Gasteiger partial charge in [0.25, 0.3) is 5.91 Å². The summed E-state index contributed by atoms with van der Waals surface area (Å²) in [4.78, 5) is 23.1. The summed E-state index contributed by atoms with van der Waals surface area (Å²) in [7, 11) is 0. The van der Waals surface area contributed by atoms with Crippen molar-refractivity contribution >= 4 is 16.9 Å². The molecule has 1 amide bonds.